The summed E-state index contributed by atoms with van der Waals surface area (Å²) >= 11 is 3.45. The minimum Gasteiger partial charge on any atom is -0.493 e. The second-order valence-corrected chi connectivity index (χ2v) is 5.43. The van der Waals surface area contributed by atoms with E-state index in [2.05, 4.69) is 26.2 Å². The minimum absolute atomic E-state index is 0.0530. The third-order valence-corrected chi connectivity index (χ3v) is 3.73. The van der Waals surface area contributed by atoms with Crippen LogP contribution in [-0.2, 0) is 0 Å². The summed E-state index contributed by atoms with van der Waals surface area (Å²) in [6.07, 6.45) is 1.62. The summed E-state index contributed by atoms with van der Waals surface area (Å²) in [5, 5.41) is 3.33. The summed E-state index contributed by atoms with van der Waals surface area (Å²) < 4.78 is 11.4. The van der Waals surface area contributed by atoms with Gasteiger partial charge in [-0.25, -0.2) is 4.98 Å². The molecule has 0 aliphatic rings. The van der Waals surface area contributed by atoms with Crippen LogP contribution in [0.5, 0.6) is 11.5 Å². The van der Waals surface area contributed by atoms with Gasteiger partial charge < -0.3 is 20.5 Å². The average Bonchev–Trinajstić information content (AvgIpc) is 2.49. The SMILES string of the molecule is COc1ccc(C(C)Nc2ncc(N)cc2Br)cc1OC. The predicted molar refractivity (Wildman–Crippen MR) is 87.9 cm³/mol. The van der Waals surface area contributed by atoms with Gasteiger partial charge in [0.1, 0.15) is 5.82 Å². The third kappa shape index (κ3) is 3.58. The quantitative estimate of drug-likeness (QED) is 0.860. The molecule has 112 valence electrons. The van der Waals surface area contributed by atoms with E-state index in [0.717, 1.165) is 15.9 Å². The summed E-state index contributed by atoms with van der Waals surface area (Å²) in [5.74, 6) is 2.15. The van der Waals surface area contributed by atoms with Gasteiger partial charge >= 0.3 is 0 Å². The van der Waals surface area contributed by atoms with E-state index in [1.807, 2.05) is 31.2 Å². The van der Waals surface area contributed by atoms with Crippen LogP contribution in [0.25, 0.3) is 0 Å². The van der Waals surface area contributed by atoms with E-state index in [0.29, 0.717) is 17.2 Å². The Morgan fingerprint density at radius 3 is 2.52 bits per heavy atom. The van der Waals surface area contributed by atoms with Gasteiger partial charge in [0.05, 0.1) is 36.6 Å². The van der Waals surface area contributed by atoms with Gasteiger partial charge in [-0.05, 0) is 46.6 Å². The Balaban J connectivity index is 2.21. The van der Waals surface area contributed by atoms with E-state index >= 15 is 0 Å². The van der Waals surface area contributed by atoms with Crippen molar-refractivity contribution in [1.82, 2.24) is 4.98 Å². The molecule has 0 radical (unpaired) electrons. The monoisotopic (exact) mass is 351 g/mol. The van der Waals surface area contributed by atoms with Crippen molar-refractivity contribution in [3.8, 4) is 11.5 Å². The van der Waals surface area contributed by atoms with Gasteiger partial charge in [-0.1, -0.05) is 6.07 Å². The van der Waals surface area contributed by atoms with Crippen LogP contribution in [0.1, 0.15) is 18.5 Å². The molecule has 1 aromatic heterocycles. The fraction of sp³-hybridized carbons (Fsp3) is 0.267. The van der Waals surface area contributed by atoms with Gasteiger partial charge in [0, 0.05) is 0 Å². The number of nitrogens with zero attached hydrogens (tertiary/aromatic N) is 1. The molecule has 2 aromatic rings. The maximum absolute atomic E-state index is 5.69. The number of halogens is 1. The van der Waals surface area contributed by atoms with Crippen LogP contribution in [0.2, 0.25) is 0 Å². The van der Waals surface area contributed by atoms with Crippen LogP contribution in [-0.4, -0.2) is 19.2 Å². The highest BCUT2D eigenvalue weighted by molar-refractivity contribution is 9.10. The summed E-state index contributed by atoms with van der Waals surface area (Å²) in [6.45, 7) is 2.05. The number of nitrogens with one attached hydrogen (secondary N) is 1. The molecule has 0 spiro atoms. The normalized spacial score (nSPS) is 11.8. The van der Waals surface area contributed by atoms with Gasteiger partial charge in [0.2, 0.25) is 0 Å². The van der Waals surface area contributed by atoms with E-state index in [9.17, 15) is 0 Å². The highest BCUT2D eigenvalue weighted by atomic mass is 79.9. The number of rotatable bonds is 5. The molecule has 0 saturated heterocycles. The summed E-state index contributed by atoms with van der Waals surface area (Å²) in [6, 6.07) is 7.69. The molecule has 1 unspecified atom stereocenters. The molecule has 0 amide bonds. The smallest absolute Gasteiger partial charge is 0.161 e. The van der Waals surface area contributed by atoms with Crippen molar-refractivity contribution >= 4 is 27.4 Å². The summed E-state index contributed by atoms with van der Waals surface area (Å²) in [7, 11) is 3.24. The van der Waals surface area contributed by atoms with Crippen LogP contribution in [0.3, 0.4) is 0 Å². The van der Waals surface area contributed by atoms with Gasteiger partial charge in [0.15, 0.2) is 11.5 Å². The molecule has 0 aliphatic heterocycles. The van der Waals surface area contributed by atoms with Crippen molar-refractivity contribution in [3.63, 3.8) is 0 Å². The zero-order valence-corrected chi connectivity index (χ0v) is 13.8. The molecule has 6 heteroatoms. The number of methoxy groups -OCH3 is 2. The van der Waals surface area contributed by atoms with Crippen LogP contribution in [0, 0.1) is 0 Å². The molecule has 1 aromatic carbocycles. The average molecular weight is 352 g/mol. The van der Waals surface area contributed by atoms with Crippen molar-refractivity contribution in [3.05, 3.63) is 40.5 Å². The van der Waals surface area contributed by atoms with Crippen molar-refractivity contribution in [1.29, 1.82) is 0 Å². The molecule has 1 atom stereocenters. The number of nitrogen functional groups attached to an aromatic ring is 1. The number of nitrogens with two attached hydrogens (primary N) is 1. The highest BCUT2D eigenvalue weighted by Crippen LogP contribution is 2.32. The topological polar surface area (TPSA) is 69.4 Å². The first-order valence-corrected chi connectivity index (χ1v) is 7.24. The fourth-order valence-corrected chi connectivity index (χ4v) is 2.45. The Labute approximate surface area is 132 Å². The lowest BCUT2D eigenvalue weighted by Gasteiger charge is -2.18. The lowest BCUT2D eigenvalue weighted by atomic mass is 10.1. The Morgan fingerprint density at radius 2 is 1.90 bits per heavy atom. The number of ether oxygens (including phenoxy) is 2. The Hall–Kier alpha value is -1.95. The van der Waals surface area contributed by atoms with Crippen LogP contribution in [0.4, 0.5) is 11.5 Å². The Morgan fingerprint density at radius 1 is 1.19 bits per heavy atom. The molecule has 5 nitrogen and oxygen atoms in total. The molecule has 0 fully saturated rings. The maximum Gasteiger partial charge on any atom is 0.161 e. The van der Waals surface area contributed by atoms with Gasteiger partial charge in [-0.2, -0.15) is 0 Å². The largest absolute Gasteiger partial charge is 0.493 e. The van der Waals surface area contributed by atoms with Crippen LogP contribution >= 0.6 is 15.9 Å². The first kappa shape index (κ1) is 15.4. The van der Waals surface area contributed by atoms with Gasteiger partial charge in [-0.15, -0.1) is 0 Å². The number of aromatic nitrogens is 1. The second kappa shape index (κ2) is 6.67. The molecule has 21 heavy (non-hydrogen) atoms. The Bertz CT molecular complexity index is 634. The third-order valence-electron chi connectivity index (χ3n) is 3.12. The Kier molecular flexibility index (Phi) is 4.90. The summed E-state index contributed by atoms with van der Waals surface area (Å²) in [5.41, 5.74) is 7.37. The standard InChI is InChI=1S/C15H18BrN3O2/c1-9(19-15-12(16)7-11(17)8-18-15)10-4-5-13(20-2)14(6-10)21-3/h4-9H,17H2,1-3H3,(H,18,19). The second-order valence-electron chi connectivity index (χ2n) is 4.58. The molecule has 2 rings (SSSR count). The number of hydrogen-bond acceptors (Lipinski definition) is 5. The molecule has 1 heterocycles. The zero-order chi connectivity index (χ0) is 15.4. The number of pyridine rings is 1. The molecule has 0 aliphatic carbocycles. The van der Waals surface area contributed by atoms with E-state index in [1.54, 1.807) is 20.4 Å². The number of benzene rings is 1. The highest BCUT2D eigenvalue weighted by Gasteiger charge is 2.12. The molecule has 0 saturated carbocycles. The lowest BCUT2D eigenvalue weighted by molar-refractivity contribution is 0.354. The maximum atomic E-state index is 5.69. The van der Waals surface area contributed by atoms with Crippen molar-refractivity contribution in [2.45, 2.75) is 13.0 Å². The van der Waals surface area contributed by atoms with E-state index < -0.39 is 0 Å². The first-order chi connectivity index (χ1) is 10.0. The van der Waals surface area contributed by atoms with Crippen molar-refractivity contribution in [2.75, 3.05) is 25.3 Å². The first-order valence-electron chi connectivity index (χ1n) is 6.44. The molecular weight excluding hydrogens is 334 g/mol. The van der Waals surface area contributed by atoms with Crippen LogP contribution < -0.4 is 20.5 Å². The van der Waals surface area contributed by atoms with Gasteiger partial charge in [0.25, 0.3) is 0 Å². The minimum atomic E-state index is 0.0530. The number of hydrogen-bond donors (Lipinski definition) is 2. The molecule has 0 bridgehead atoms. The summed E-state index contributed by atoms with van der Waals surface area (Å²) in [4.78, 5) is 4.28. The number of anilines is 2. The fourth-order valence-electron chi connectivity index (χ4n) is 1.97. The predicted octanol–water partition coefficient (Wildman–Crippen LogP) is 3.62. The molecular formula is C15H18BrN3O2. The van der Waals surface area contributed by atoms with Crippen molar-refractivity contribution < 1.29 is 9.47 Å². The van der Waals surface area contributed by atoms with E-state index in [-0.39, 0.29) is 6.04 Å². The van der Waals surface area contributed by atoms with E-state index in [1.165, 1.54) is 0 Å². The molecule has 3 N–H and O–H groups in total. The van der Waals surface area contributed by atoms with Gasteiger partial charge in [-0.3, -0.25) is 0 Å². The zero-order valence-electron chi connectivity index (χ0n) is 12.2. The van der Waals surface area contributed by atoms with Crippen molar-refractivity contribution in [2.24, 2.45) is 0 Å². The van der Waals surface area contributed by atoms with E-state index in [4.69, 9.17) is 15.2 Å². The lowest BCUT2D eigenvalue weighted by Crippen LogP contribution is -2.09. The van der Waals surface area contributed by atoms with Crippen LogP contribution in [0.15, 0.2) is 34.9 Å².